The fourth-order valence-electron chi connectivity index (χ4n) is 2.83. The van der Waals surface area contributed by atoms with Crippen LogP contribution >= 0.6 is 11.6 Å². The summed E-state index contributed by atoms with van der Waals surface area (Å²) < 4.78 is 11.3. The maximum absolute atomic E-state index is 12.5. The molecule has 0 aromatic rings. The Bertz CT molecular complexity index is 321. The molecule has 0 saturated carbocycles. The van der Waals surface area contributed by atoms with Crippen LogP contribution in [0.4, 0.5) is 0 Å². The summed E-state index contributed by atoms with van der Waals surface area (Å²) in [5, 5.41) is 0. The standard InChI is InChI=1S/C13H22ClNO3/c1-9-11(4-5-17-9)12(16)15-7-10(6-14)18-13(2,3)8-15/h9-11H,4-8H2,1-3H3. The van der Waals surface area contributed by atoms with E-state index in [9.17, 15) is 4.79 Å². The zero-order chi connectivity index (χ0) is 13.3. The van der Waals surface area contributed by atoms with Crippen LogP contribution in [0.3, 0.4) is 0 Å². The van der Waals surface area contributed by atoms with Crippen molar-refractivity contribution in [2.75, 3.05) is 25.6 Å². The number of rotatable bonds is 2. The monoisotopic (exact) mass is 275 g/mol. The Morgan fingerprint density at radius 2 is 2.22 bits per heavy atom. The normalized spacial score (nSPS) is 35.8. The number of carbonyl (C=O) groups excluding carboxylic acids is 1. The topological polar surface area (TPSA) is 38.8 Å². The average Bonchev–Trinajstić information content (AvgIpc) is 2.72. The number of nitrogens with zero attached hydrogens (tertiary/aromatic N) is 1. The van der Waals surface area contributed by atoms with Crippen molar-refractivity contribution in [2.45, 2.75) is 45.0 Å². The van der Waals surface area contributed by atoms with Crippen molar-refractivity contribution >= 4 is 17.5 Å². The summed E-state index contributed by atoms with van der Waals surface area (Å²) in [6.45, 7) is 7.88. The van der Waals surface area contributed by atoms with E-state index in [4.69, 9.17) is 21.1 Å². The molecule has 2 rings (SSSR count). The SMILES string of the molecule is CC1OCCC1C(=O)N1CC(CCl)OC(C)(C)C1. The molecule has 0 radical (unpaired) electrons. The maximum Gasteiger partial charge on any atom is 0.228 e. The largest absolute Gasteiger partial charge is 0.378 e. The van der Waals surface area contributed by atoms with Crippen LogP contribution in [-0.2, 0) is 14.3 Å². The molecule has 0 aliphatic carbocycles. The molecule has 2 fully saturated rings. The van der Waals surface area contributed by atoms with Crippen LogP contribution in [0.15, 0.2) is 0 Å². The van der Waals surface area contributed by atoms with Crippen molar-refractivity contribution < 1.29 is 14.3 Å². The van der Waals surface area contributed by atoms with Crippen LogP contribution in [0.25, 0.3) is 0 Å². The highest BCUT2D eigenvalue weighted by atomic mass is 35.5. The van der Waals surface area contributed by atoms with E-state index in [1.54, 1.807) is 0 Å². The van der Waals surface area contributed by atoms with E-state index in [0.29, 0.717) is 25.6 Å². The highest BCUT2D eigenvalue weighted by Gasteiger charge is 2.40. The highest BCUT2D eigenvalue weighted by Crippen LogP contribution is 2.27. The van der Waals surface area contributed by atoms with Gasteiger partial charge in [0, 0.05) is 19.7 Å². The smallest absolute Gasteiger partial charge is 0.228 e. The molecule has 3 atom stereocenters. The molecule has 0 aromatic carbocycles. The third kappa shape index (κ3) is 2.98. The second kappa shape index (κ2) is 5.35. The van der Waals surface area contributed by atoms with Crippen molar-refractivity contribution in [3.63, 3.8) is 0 Å². The molecular weight excluding hydrogens is 254 g/mol. The summed E-state index contributed by atoms with van der Waals surface area (Å²) in [5.41, 5.74) is -0.323. The first-order valence-corrected chi connectivity index (χ1v) is 7.10. The minimum absolute atomic E-state index is 0.00474. The van der Waals surface area contributed by atoms with Gasteiger partial charge in [-0.3, -0.25) is 4.79 Å². The van der Waals surface area contributed by atoms with Crippen LogP contribution in [0, 0.1) is 5.92 Å². The van der Waals surface area contributed by atoms with Gasteiger partial charge in [-0.1, -0.05) is 0 Å². The lowest BCUT2D eigenvalue weighted by Crippen LogP contribution is -2.56. The quantitative estimate of drug-likeness (QED) is 0.720. The number of ether oxygens (including phenoxy) is 2. The van der Waals surface area contributed by atoms with Crippen molar-refractivity contribution in [1.29, 1.82) is 0 Å². The van der Waals surface area contributed by atoms with Gasteiger partial charge in [-0.2, -0.15) is 0 Å². The summed E-state index contributed by atoms with van der Waals surface area (Å²) in [4.78, 5) is 14.4. The Morgan fingerprint density at radius 3 is 2.78 bits per heavy atom. The van der Waals surface area contributed by atoms with Gasteiger partial charge < -0.3 is 14.4 Å². The van der Waals surface area contributed by atoms with E-state index in [2.05, 4.69) is 0 Å². The predicted molar refractivity (Wildman–Crippen MR) is 69.8 cm³/mol. The van der Waals surface area contributed by atoms with Gasteiger partial charge in [0.1, 0.15) is 0 Å². The molecule has 0 spiro atoms. The second-order valence-electron chi connectivity index (χ2n) is 5.84. The molecule has 0 aromatic heterocycles. The van der Waals surface area contributed by atoms with E-state index in [1.807, 2.05) is 25.7 Å². The summed E-state index contributed by atoms with van der Waals surface area (Å²) in [6, 6.07) is 0. The minimum atomic E-state index is -0.323. The van der Waals surface area contributed by atoms with Crippen molar-refractivity contribution in [3.8, 4) is 0 Å². The molecule has 0 bridgehead atoms. The van der Waals surface area contributed by atoms with Gasteiger partial charge >= 0.3 is 0 Å². The van der Waals surface area contributed by atoms with Gasteiger partial charge in [0.05, 0.1) is 29.6 Å². The van der Waals surface area contributed by atoms with Crippen LogP contribution in [0.5, 0.6) is 0 Å². The van der Waals surface area contributed by atoms with Crippen molar-refractivity contribution in [3.05, 3.63) is 0 Å². The van der Waals surface area contributed by atoms with Crippen LogP contribution in [-0.4, -0.2) is 54.2 Å². The molecular formula is C13H22ClNO3. The van der Waals surface area contributed by atoms with Gasteiger partial charge in [-0.05, 0) is 27.2 Å². The summed E-state index contributed by atoms with van der Waals surface area (Å²) in [5.74, 6) is 0.602. The molecule has 2 aliphatic rings. The number of carbonyl (C=O) groups is 1. The third-order valence-electron chi connectivity index (χ3n) is 3.66. The summed E-state index contributed by atoms with van der Waals surface area (Å²) in [6.07, 6.45) is 0.776. The fraction of sp³-hybridized carbons (Fsp3) is 0.923. The lowest BCUT2D eigenvalue weighted by atomic mass is 9.98. The van der Waals surface area contributed by atoms with Gasteiger partial charge in [0.15, 0.2) is 0 Å². The van der Waals surface area contributed by atoms with E-state index in [-0.39, 0.29) is 29.6 Å². The van der Waals surface area contributed by atoms with E-state index in [1.165, 1.54) is 0 Å². The molecule has 2 heterocycles. The Balaban J connectivity index is 2.05. The molecule has 1 amide bonds. The van der Waals surface area contributed by atoms with Gasteiger partial charge in [-0.15, -0.1) is 11.6 Å². The second-order valence-corrected chi connectivity index (χ2v) is 6.15. The number of amides is 1. The Morgan fingerprint density at radius 1 is 1.50 bits per heavy atom. The number of morpholine rings is 1. The highest BCUT2D eigenvalue weighted by molar-refractivity contribution is 6.18. The lowest BCUT2D eigenvalue weighted by molar-refractivity contribution is -0.162. The molecule has 5 heteroatoms. The number of hydrogen-bond donors (Lipinski definition) is 0. The first kappa shape index (κ1) is 14.1. The Kier molecular flexibility index (Phi) is 4.19. The number of hydrogen-bond acceptors (Lipinski definition) is 3. The zero-order valence-corrected chi connectivity index (χ0v) is 12.1. The van der Waals surface area contributed by atoms with E-state index < -0.39 is 0 Å². The Hall–Kier alpha value is -0.320. The van der Waals surface area contributed by atoms with Gasteiger partial charge in [0.2, 0.25) is 5.91 Å². The number of halogens is 1. The first-order valence-electron chi connectivity index (χ1n) is 6.57. The lowest BCUT2D eigenvalue weighted by Gasteiger charge is -2.43. The number of alkyl halides is 1. The summed E-state index contributed by atoms with van der Waals surface area (Å²) in [7, 11) is 0. The van der Waals surface area contributed by atoms with Crippen LogP contribution < -0.4 is 0 Å². The van der Waals surface area contributed by atoms with Crippen LogP contribution in [0.2, 0.25) is 0 Å². The van der Waals surface area contributed by atoms with Crippen molar-refractivity contribution in [2.24, 2.45) is 5.92 Å². The van der Waals surface area contributed by atoms with E-state index >= 15 is 0 Å². The minimum Gasteiger partial charge on any atom is -0.378 e. The maximum atomic E-state index is 12.5. The summed E-state index contributed by atoms with van der Waals surface area (Å²) >= 11 is 5.88. The van der Waals surface area contributed by atoms with Crippen LogP contribution in [0.1, 0.15) is 27.2 Å². The third-order valence-corrected chi connectivity index (χ3v) is 4.00. The fourth-order valence-corrected chi connectivity index (χ4v) is 3.00. The average molecular weight is 276 g/mol. The van der Waals surface area contributed by atoms with E-state index in [0.717, 1.165) is 6.42 Å². The molecule has 2 aliphatic heterocycles. The predicted octanol–water partition coefficient (Wildman–Crippen LogP) is 1.66. The molecule has 3 unspecified atom stereocenters. The molecule has 0 N–H and O–H groups in total. The molecule has 18 heavy (non-hydrogen) atoms. The van der Waals surface area contributed by atoms with Gasteiger partial charge in [0.25, 0.3) is 0 Å². The van der Waals surface area contributed by atoms with Crippen molar-refractivity contribution in [1.82, 2.24) is 4.90 Å². The van der Waals surface area contributed by atoms with Gasteiger partial charge in [-0.25, -0.2) is 0 Å². The Labute approximate surface area is 114 Å². The molecule has 4 nitrogen and oxygen atoms in total. The molecule has 2 saturated heterocycles. The zero-order valence-electron chi connectivity index (χ0n) is 11.3. The first-order chi connectivity index (χ1) is 8.43. The molecule has 104 valence electrons.